The number of aryl methyl sites for hydroxylation is 2. The summed E-state index contributed by atoms with van der Waals surface area (Å²) < 4.78 is 13.5. The van der Waals surface area contributed by atoms with Gasteiger partial charge in [-0.2, -0.15) is 0 Å². The van der Waals surface area contributed by atoms with Gasteiger partial charge in [-0.1, -0.05) is 13.0 Å². The molecule has 1 aromatic carbocycles. The van der Waals surface area contributed by atoms with Crippen molar-refractivity contribution in [3.05, 3.63) is 51.0 Å². The molecule has 0 radical (unpaired) electrons. The average Bonchev–Trinajstić information content (AvgIpc) is 2.79. The van der Waals surface area contributed by atoms with Gasteiger partial charge in [0, 0.05) is 4.88 Å². The standard InChI is InChI=1S/C15H14FNO3S/c1-3-11-8(2)7-12(21-11)14(18)17-10-6-4-5-9(16)13(10)15(19)20/h4-7H,3H2,1-2H3,(H,17,18)(H,19,20). The smallest absolute Gasteiger partial charge is 0.340 e. The molecule has 0 unspecified atom stereocenters. The highest BCUT2D eigenvalue weighted by atomic mass is 32.1. The van der Waals surface area contributed by atoms with Crippen LogP contribution < -0.4 is 5.32 Å². The van der Waals surface area contributed by atoms with E-state index in [1.165, 1.54) is 23.5 Å². The van der Waals surface area contributed by atoms with Crippen molar-refractivity contribution in [1.82, 2.24) is 0 Å². The molecule has 2 N–H and O–H groups in total. The van der Waals surface area contributed by atoms with Crippen LogP contribution in [0.4, 0.5) is 10.1 Å². The third-order valence-electron chi connectivity index (χ3n) is 3.04. The molecule has 0 bridgehead atoms. The number of rotatable bonds is 4. The molecule has 21 heavy (non-hydrogen) atoms. The Balaban J connectivity index is 2.31. The van der Waals surface area contributed by atoms with Crippen LogP contribution in [-0.4, -0.2) is 17.0 Å². The number of carboxylic acids is 1. The van der Waals surface area contributed by atoms with Crippen LogP contribution in [0, 0.1) is 12.7 Å². The minimum absolute atomic E-state index is 0.0448. The number of thiophene rings is 1. The van der Waals surface area contributed by atoms with Crippen molar-refractivity contribution in [3.63, 3.8) is 0 Å². The number of carbonyl (C=O) groups excluding carboxylic acids is 1. The fourth-order valence-corrected chi connectivity index (χ4v) is 3.02. The van der Waals surface area contributed by atoms with E-state index in [2.05, 4.69) is 5.32 Å². The van der Waals surface area contributed by atoms with E-state index >= 15 is 0 Å². The van der Waals surface area contributed by atoms with Gasteiger partial charge in [0.25, 0.3) is 5.91 Å². The van der Waals surface area contributed by atoms with Crippen LogP contribution in [0.15, 0.2) is 24.3 Å². The van der Waals surface area contributed by atoms with Gasteiger partial charge >= 0.3 is 5.97 Å². The normalized spacial score (nSPS) is 10.4. The summed E-state index contributed by atoms with van der Waals surface area (Å²) in [7, 11) is 0. The summed E-state index contributed by atoms with van der Waals surface area (Å²) in [6, 6.07) is 5.52. The molecular weight excluding hydrogens is 293 g/mol. The predicted molar refractivity (Wildman–Crippen MR) is 79.7 cm³/mol. The maximum Gasteiger partial charge on any atom is 0.340 e. The highest BCUT2D eigenvalue weighted by Gasteiger charge is 2.19. The molecule has 0 fully saturated rings. The number of amides is 1. The van der Waals surface area contributed by atoms with Gasteiger partial charge in [0.15, 0.2) is 0 Å². The molecule has 0 saturated carbocycles. The topological polar surface area (TPSA) is 66.4 Å². The van der Waals surface area contributed by atoms with Gasteiger partial charge in [0.05, 0.1) is 10.6 Å². The molecule has 2 aromatic rings. The lowest BCUT2D eigenvalue weighted by molar-refractivity contribution is 0.0693. The van der Waals surface area contributed by atoms with Crippen molar-refractivity contribution in [3.8, 4) is 0 Å². The Labute approximate surface area is 125 Å². The Morgan fingerprint density at radius 2 is 2.10 bits per heavy atom. The first-order valence-corrected chi connectivity index (χ1v) is 7.18. The van der Waals surface area contributed by atoms with Gasteiger partial charge in [-0.25, -0.2) is 9.18 Å². The predicted octanol–water partition coefficient (Wildman–Crippen LogP) is 3.71. The zero-order valence-electron chi connectivity index (χ0n) is 11.6. The third kappa shape index (κ3) is 3.11. The van der Waals surface area contributed by atoms with E-state index < -0.39 is 23.3 Å². The SMILES string of the molecule is CCc1sc(C(=O)Nc2cccc(F)c2C(=O)O)cc1C. The molecule has 4 nitrogen and oxygen atoms in total. The first kappa shape index (κ1) is 15.2. The zero-order valence-corrected chi connectivity index (χ0v) is 12.4. The van der Waals surface area contributed by atoms with E-state index in [1.54, 1.807) is 6.07 Å². The van der Waals surface area contributed by atoms with Crippen LogP contribution in [0.5, 0.6) is 0 Å². The first-order chi connectivity index (χ1) is 9.93. The van der Waals surface area contributed by atoms with Gasteiger partial charge < -0.3 is 10.4 Å². The van der Waals surface area contributed by atoms with Crippen LogP contribution in [0.25, 0.3) is 0 Å². The fraction of sp³-hybridized carbons (Fsp3) is 0.200. The summed E-state index contributed by atoms with van der Waals surface area (Å²) in [6.45, 7) is 3.91. The number of hydrogen-bond donors (Lipinski definition) is 2. The van der Waals surface area contributed by atoms with Crippen molar-refractivity contribution < 1.29 is 19.1 Å². The van der Waals surface area contributed by atoms with Crippen LogP contribution in [-0.2, 0) is 6.42 Å². The summed E-state index contributed by atoms with van der Waals surface area (Å²) in [5, 5.41) is 11.5. The minimum Gasteiger partial charge on any atom is -0.478 e. The van der Waals surface area contributed by atoms with Gasteiger partial charge in [0.2, 0.25) is 0 Å². The van der Waals surface area contributed by atoms with E-state index in [1.807, 2.05) is 13.8 Å². The van der Waals surface area contributed by atoms with E-state index in [0.29, 0.717) is 4.88 Å². The molecule has 6 heteroatoms. The van der Waals surface area contributed by atoms with Gasteiger partial charge in [-0.3, -0.25) is 4.79 Å². The molecule has 0 aliphatic carbocycles. The van der Waals surface area contributed by atoms with Crippen molar-refractivity contribution >= 4 is 28.9 Å². The Bertz CT molecular complexity index is 709. The Kier molecular flexibility index (Phi) is 4.37. The fourth-order valence-electron chi connectivity index (χ4n) is 2.01. The molecule has 0 spiro atoms. The van der Waals surface area contributed by atoms with Crippen LogP contribution in [0.2, 0.25) is 0 Å². The van der Waals surface area contributed by atoms with Gasteiger partial charge in [-0.05, 0) is 37.1 Å². The lowest BCUT2D eigenvalue weighted by Gasteiger charge is -2.08. The molecule has 2 rings (SSSR count). The quantitative estimate of drug-likeness (QED) is 0.905. The van der Waals surface area contributed by atoms with Crippen LogP contribution >= 0.6 is 11.3 Å². The van der Waals surface area contributed by atoms with Crippen molar-refractivity contribution in [1.29, 1.82) is 0 Å². The van der Waals surface area contributed by atoms with E-state index in [4.69, 9.17) is 5.11 Å². The number of benzene rings is 1. The highest BCUT2D eigenvalue weighted by molar-refractivity contribution is 7.14. The number of carbonyl (C=O) groups is 2. The molecular formula is C15H14FNO3S. The van der Waals surface area contributed by atoms with Crippen molar-refractivity contribution in [2.24, 2.45) is 0 Å². The first-order valence-electron chi connectivity index (χ1n) is 6.36. The molecule has 1 aromatic heterocycles. The summed E-state index contributed by atoms with van der Waals surface area (Å²) in [5.41, 5.74) is 0.441. The Hall–Kier alpha value is -2.21. The summed E-state index contributed by atoms with van der Waals surface area (Å²) in [5.74, 6) is -2.73. The summed E-state index contributed by atoms with van der Waals surface area (Å²) >= 11 is 1.35. The number of halogens is 1. The van der Waals surface area contributed by atoms with Crippen LogP contribution in [0.3, 0.4) is 0 Å². The van der Waals surface area contributed by atoms with Crippen molar-refractivity contribution in [2.75, 3.05) is 5.32 Å². The average molecular weight is 307 g/mol. The number of aromatic carboxylic acids is 1. The molecule has 0 aliphatic heterocycles. The van der Waals surface area contributed by atoms with E-state index in [-0.39, 0.29) is 5.69 Å². The molecule has 0 atom stereocenters. The lowest BCUT2D eigenvalue weighted by atomic mass is 10.1. The monoisotopic (exact) mass is 307 g/mol. The third-order valence-corrected chi connectivity index (χ3v) is 4.42. The second kappa shape index (κ2) is 6.05. The highest BCUT2D eigenvalue weighted by Crippen LogP contribution is 2.25. The van der Waals surface area contributed by atoms with Crippen molar-refractivity contribution in [2.45, 2.75) is 20.3 Å². The summed E-state index contributed by atoms with van der Waals surface area (Å²) in [6.07, 6.45) is 0.824. The van der Waals surface area contributed by atoms with E-state index in [9.17, 15) is 14.0 Å². The molecule has 110 valence electrons. The molecule has 1 amide bonds. The second-order valence-corrected chi connectivity index (χ2v) is 5.63. The number of hydrogen-bond acceptors (Lipinski definition) is 3. The number of nitrogens with one attached hydrogen (secondary N) is 1. The minimum atomic E-state index is -1.42. The maximum atomic E-state index is 13.5. The zero-order chi connectivity index (χ0) is 15.6. The van der Waals surface area contributed by atoms with Crippen LogP contribution in [0.1, 0.15) is 37.4 Å². The lowest BCUT2D eigenvalue weighted by Crippen LogP contribution is -2.14. The van der Waals surface area contributed by atoms with Gasteiger partial charge in [0.1, 0.15) is 11.4 Å². The van der Waals surface area contributed by atoms with E-state index in [0.717, 1.165) is 22.9 Å². The van der Waals surface area contributed by atoms with Gasteiger partial charge in [-0.15, -0.1) is 11.3 Å². The Morgan fingerprint density at radius 1 is 1.38 bits per heavy atom. The number of carboxylic acid groups (broad SMARTS) is 1. The molecule has 0 aliphatic rings. The Morgan fingerprint density at radius 3 is 2.67 bits per heavy atom. The molecule has 1 heterocycles. The maximum absolute atomic E-state index is 13.5. The number of anilines is 1. The summed E-state index contributed by atoms with van der Waals surface area (Å²) in [4.78, 5) is 24.8. The largest absolute Gasteiger partial charge is 0.478 e. The second-order valence-electron chi connectivity index (χ2n) is 4.49. The molecule has 0 saturated heterocycles.